The lowest BCUT2D eigenvalue weighted by Crippen LogP contribution is -2.42. The van der Waals surface area contributed by atoms with Crippen LogP contribution in [0.5, 0.6) is 0 Å². The standard InChI is InChI=1S/C20H27N3O5S/c1-13(18(25)22-20(21)27)28-19(26)15-10-6-7-11-16(15)29-12-17(24)23(2)14-8-4-3-5-9-14/h6-7,10-11,13-14H,3-5,8-9,12H2,1-2H3,(H3,21,22,25,27). The minimum absolute atomic E-state index is 0.0132. The van der Waals surface area contributed by atoms with Gasteiger partial charge >= 0.3 is 12.0 Å². The van der Waals surface area contributed by atoms with E-state index in [1.807, 2.05) is 17.3 Å². The fourth-order valence-electron chi connectivity index (χ4n) is 3.18. The summed E-state index contributed by atoms with van der Waals surface area (Å²) in [6.45, 7) is 1.34. The largest absolute Gasteiger partial charge is 0.449 e. The van der Waals surface area contributed by atoms with Gasteiger partial charge in [-0.1, -0.05) is 31.4 Å². The lowest BCUT2D eigenvalue weighted by atomic mass is 9.94. The van der Waals surface area contributed by atoms with Gasteiger partial charge in [0.15, 0.2) is 6.10 Å². The van der Waals surface area contributed by atoms with Crippen molar-refractivity contribution in [2.45, 2.75) is 56.1 Å². The SMILES string of the molecule is CC(OC(=O)c1ccccc1SCC(=O)N(C)C1CCCCC1)C(=O)NC(N)=O. The van der Waals surface area contributed by atoms with Gasteiger partial charge in [0.25, 0.3) is 5.91 Å². The van der Waals surface area contributed by atoms with E-state index < -0.39 is 24.0 Å². The third kappa shape index (κ3) is 6.77. The number of urea groups is 1. The summed E-state index contributed by atoms with van der Waals surface area (Å²) < 4.78 is 5.12. The Morgan fingerprint density at radius 1 is 1.21 bits per heavy atom. The van der Waals surface area contributed by atoms with Crippen molar-refractivity contribution in [2.24, 2.45) is 5.73 Å². The van der Waals surface area contributed by atoms with Crippen LogP contribution in [-0.4, -0.2) is 53.7 Å². The van der Waals surface area contributed by atoms with Gasteiger partial charge < -0.3 is 15.4 Å². The molecule has 0 saturated heterocycles. The summed E-state index contributed by atoms with van der Waals surface area (Å²) in [5.41, 5.74) is 5.15. The fourth-order valence-corrected chi connectivity index (χ4v) is 4.14. The molecular formula is C20H27N3O5S. The Hall–Kier alpha value is -2.55. The Balaban J connectivity index is 1.97. The third-order valence-electron chi connectivity index (χ3n) is 4.87. The van der Waals surface area contributed by atoms with Crippen molar-refractivity contribution in [1.82, 2.24) is 10.2 Å². The average Bonchev–Trinajstić information content (AvgIpc) is 2.71. The molecule has 1 aliphatic carbocycles. The number of imide groups is 1. The second-order valence-corrected chi connectivity index (χ2v) is 8.00. The maximum Gasteiger partial charge on any atom is 0.340 e. The molecule has 9 heteroatoms. The van der Waals surface area contributed by atoms with Crippen LogP contribution in [0.15, 0.2) is 29.2 Å². The molecule has 0 spiro atoms. The molecule has 1 unspecified atom stereocenters. The number of primary amides is 1. The first-order valence-corrected chi connectivity index (χ1v) is 10.6. The van der Waals surface area contributed by atoms with Crippen LogP contribution in [-0.2, 0) is 14.3 Å². The van der Waals surface area contributed by atoms with Gasteiger partial charge in [-0.2, -0.15) is 0 Å². The molecule has 0 heterocycles. The number of hydrogen-bond donors (Lipinski definition) is 2. The summed E-state index contributed by atoms with van der Waals surface area (Å²) in [6.07, 6.45) is 4.38. The lowest BCUT2D eigenvalue weighted by Gasteiger charge is -2.31. The van der Waals surface area contributed by atoms with E-state index in [2.05, 4.69) is 0 Å². The van der Waals surface area contributed by atoms with Gasteiger partial charge in [-0.15, -0.1) is 11.8 Å². The quantitative estimate of drug-likeness (QED) is 0.515. The molecule has 1 fully saturated rings. The number of carbonyl (C=O) groups excluding carboxylic acids is 4. The molecule has 0 radical (unpaired) electrons. The van der Waals surface area contributed by atoms with Crippen LogP contribution in [0.4, 0.5) is 4.79 Å². The molecule has 158 valence electrons. The maximum absolute atomic E-state index is 12.6. The molecule has 2 rings (SSSR count). The number of esters is 1. The monoisotopic (exact) mass is 421 g/mol. The van der Waals surface area contributed by atoms with Crippen molar-refractivity contribution >= 4 is 35.6 Å². The molecule has 1 aromatic carbocycles. The zero-order valence-corrected chi connectivity index (χ0v) is 17.5. The summed E-state index contributed by atoms with van der Waals surface area (Å²) in [6, 6.07) is 5.99. The Morgan fingerprint density at radius 2 is 1.86 bits per heavy atom. The van der Waals surface area contributed by atoms with Gasteiger partial charge in [0.05, 0.1) is 11.3 Å². The molecule has 1 saturated carbocycles. The number of nitrogens with zero attached hydrogens (tertiary/aromatic N) is 1. The van der Waals surface area contributed by atoms with Gasteiger partial charge in [-0.05, 0) is 31.9 Å². The van der Waals surface area contributed by atoms with Crippen molar-refractivity contribution in [1.29, 1.82) is 0 Å². The minimum Gasteiger partial charge on any atom is -0.449 e. The van der Waals surface area contributed by atoms with Crippen LogP contribution >= 0.6 is 11.8 Å². The molecule has 1 aromatic rings. The highest BCUT2D eigenvalue weighted by Gasteiger charge is 2.24. The van der Waals surface area contributed by atoms with Crippen LogP contribution in [0, 0.1) is 0 Å². The number of hydrogen-bond acceptors (Lipinski definition) is 6. The minimum atomic E-state index is -1.19. The number of thioether (sulfide) groups is 1. The molecule has 29 heavy (non-hydrogen) atoms. The normalized spacial score (nSPS) is 15.2. The Bertz CT molecular complexity index is 764. The topological polar surface area (TPSA) is 119 Å². The third-order valence-corrected chi connectivity index (χ3v) is 5.93. The summed E-state index contributed by atoms with van der Waals surface area (Å²) in [5, 5.41) is 1.86. The van der Waals surface area contributed by atoms with Crippen molar-refractivity contribution in [3.63, 3.8) is 0 Å². The number of amides is 4. The molecule has 4 amide bonds. The van der Waals surface area contributed by atoms with E-state index in [0.717, 1.165) is 25.7 Å². The van der Waals surface area contributed by atoms with Crippen molar-refractivity contribution in [2.75, 3.05) is 12.8 Å². The highest BCUT2D eigenvalue weighted by Crippen LogP contribution is 2.26. The van der Waals surface area contributed by atoms with Crippen LogP contribution in [0.1, 0.15) is 49.4 Å². The first-order valence-electron chi connectivity index (χ1n) is 9.58. The highest BCUT2D eigenvalue weighted by molar-refractivity contribution is 8.00. The van der Waals surface area contributed by atoms with Gasteiger partial charge in [0, 0.05) is 18.0 Å². The zero-order valence-electron chi connectivity index (χ0n) is 16.7. The van der Waals surface area contributed by atoms with Crippen LogP contribution in [0.2, 0.25) is 0 Å². The fraction of sp³-hybridized carbons (Fsp3) is 0.500. The number of ether oxygens (including phenoxy) is 1. The summed E-state index contributed by atoms with van der Waals surface area (Å²) >= 11 is 1.26. The Morgan fingerprint density at radius 3 is 2.52 bits per heavy atom. The predicted molar refractivity (Wildman–Crippen MR) is 109 cm³/mol. The van der Waals surface area contributed by atoms with E-state index in [9.17, 15) is 19.2 Å². The van der Waals surface area contributed by atoms with E-state index in [1.54, 1.807) is 24.3 Å². The van der Waals surface area contributed by atoms with Gasteiger partial charge in [0.1, 0.15) is 0 Å². The second-order valence-electron chi connectivity index (χ2n) is 6.98. The molecule has 0 aromatic heterocycles. The van der Waals surface area contributed by atoms with E-state index in [0.29, 0.717) is 4.90 Å². The summed E-state index contributed by atoms with van der Waals surface area (Å²) in [5.74, 6) is -1.30. The molecular weight excluding hydrogens is 394 g/mol. The van der Waals surface area contributed by atoms with E-state index in [4.69, 9.17) is 10.5 Å². The zero-order chi connectivity index (χ0) is 21.4. The van der Waals surface area contributed by atoms with Crippen LogP contribution in [0.3, 0.4) is 0 Å². The van der Waals surface area contributed by atoms with E-state index in [-0.39, 0.29) is 23.3 Å². The van der Waals surface area contributed by atoms with Gasteiger partial charge in [-0.25, -0.2) is 9.59 Å². The molecule has 1 atom stereocenters. The van der Waals surface area contributed by atoms with Gasteiger partial charge in [-0.3, -0.25) is 14.9 Å². The van der Waals surface area contributed by atoms with Crippen LogP contribution < -0.4 is 11.1 Å². The van der Waals surface area contributed by atoms with Crippen LogP contribution in [0.25, 0.3) is 0 Å². The molecule has 3 N–H and O–H groups in total. The second kappa shape index (κ2) is 10.8. The maximum atomic E-state index is 12.6. The smallest absolute Gasteiger partial charge is 0.340 e. The first-order chi connectivity index (χ1) is 13.8. The number of nitrogens with two attached hydrogens (primary N) is 1. The summed E-state index contributed by atoms with van der Waals surface area (Å²) in [7, 11) is 1.83. The highest BCUT2D eigenvalue weighted by atomic mass is 32.2. The number of nitrogens with one attached hydrogen (secondary N) is 1. The first kappa shape index (κ1) is 22.7. The van der Waals surface area contributed by atoms with E-state index in [1.165, 1.54) is 25.1 Å². The number of carbonyl (C=O) groups is 4. The number of rotatable bonds is 7. The van der Waals surface area contributed by atoms with Gasteiger partial charge in [0.2, 0.25) is 5.91 Å². The Kier molecular flexibility index (Phi) is 8.50. The average molecular weight is 422 g/mol. The van der Waals surface area contributed by atoms with Crippen molar-refractivity contribution < 1.29 is 23.9 Å². The van der Waals surface area contributed by atoms with E-state index >= 15 is 0 Å². The lowest BCUT2D eigenvalue weighted by molar-refractivity contribution is -0.129. The molecule has 8 nitrogen and oxygen atoms in total. The predicted octanol–water partition coefficient (Wildman–Crippen LogP) is 2.31. The van der Waals surface area contributed by atoms with Crippen molar-refractivity contribution in [3.05, 3.63) is 29.8 Å². The van der Waals surface area contributed by atoms with Crippen molar-refractivity contribution in [3.8, 4) is 0 Å². The molecule has 0 bridgehead atoms. The Labute approximate surface area is 174 Å². The molecule has 1 aliphatic rings. The number of benzene rings is 1. The summed E-state index contributed by atoms with van der Waals surface area (Å²) in [4.78, 5) is 49.9. The molecule has 0 aliphatic heterocycles.